The van der Waals surface area contributed by atoms with E-state index in [4.69, 9.17) is 0 Å². The number of aromatic nitrogens is 4. The first-order valence-electron chi connectivity index (χ1n) is 4.88. The van der Waals surface area contributed by atoms with Crippen LogP contribution in [0, 0.1) is 17.0 Å². The summed E-state index contributed by atoms with van der Waals surface area (Å²) in [6, 6.07) is 4.26. The van der Waals surface area contributed by atoms with Gasteiger partial charge >= 0.3 is 0 Å². The Morgan fingerprint density at radius 2 is 2.28 bits per heavy atom. The van der Waals surface area contributed by atoms with Crippen LogP contribution in [-0.4, -0.2) is 31.5 Å². The predicted octanol–water partition coefficient (Wildman–Crippen LogP) is 0.669. The maximum Gasteiger partial charge on any atom is 0.282 e. The summed E-state index contributed by atoms with van der Waals surface area (Å²) in [7, 11) is 0. The number of carbonyl (C=O) groups excluding carboxylic acids is 1. The van der Waals surface area contributed by atoms with E-state index in [2.05, 4.69) is 25.9 Å². The maximum atomic E-state index is 11.9. The number of amides is 1. The van der Waals surface area contributed by atoms with Crippen LogP contribution in [0.5, 0.6) is 0 Å². The molecule has 0 aliphatic carbocycles. The van der Waals surface area contributed by atoms with Gasteiger partial charge < -0.3 is 0 Å². The average Bonchev–Trinajstić information content (AvgIpc) is 2.81. The van der Waals surface area contributed by atoms with Crippen molar-refractivity contribution < 1.29 is 9.72 Å². The molecule has 0 spiro atoms. The first-order chi connectivity index (χ1) is 8.58. The van der Waals surface area contributed by atoms with Gasteiger partial charge in [0.15, 0.2) is 0 Å². The molecule has 18 heavy (non-hydrogen) atoms. The molecule has 1 heterocycles. The number of carbonyl (C=O) groups is 1. The lowest BCUT2D eigenvalue weighted by molar-refractivity contribution is -0.385. The second kappa shape index (κ2) is 4.57. The Morgan fingerprint density at radius 1 is 1.50 bits per heavy atom. The first kappa shape index (κ1) is 11.6. The van der Waals surface area contributed by atoms with Crippen LogP contribution in [0.2, 0.25) is 0 Å². The summed E-state index contributed by atoms with van der Waals surface area (Å²) in [6.45, 7) is 1.73. The van der Waals surface area contributed by atoms with E-state index in [1.165, 1.54) is 12.1 Å². The van der Waals surface area contributed by atoms with Crippen LogP contribution in [0.4, 0.5) is 11.6 Å². The van der Waals surface area contributed by atoms with Gasteiger partial charge in [-0.2, -0.15) is 5.21 Å². The van der Waals surface area contributed by atoms with Gasteiger partial charge in [-0.1, -0.05) is 11.2 Å². The third kappa shape index (κ3) is 2.29. The fourth-order valence-electron chi connectivity index (χ4n) is 1.37. The van der Waals surface area contributed by atoms with E-state index in [-0.39, 0.29) is 17.2 Å². The van der Waals surface area contributed by atoms with Gasteiger partial charge in [0.05, 0.1) is 4.92 Å². The van der Waals surface area contributed by atoms with Crippen LogP contribution in [0.1, 0.15) is 15.9 Å². The summed E-state index contributed by atoms with van der Waals surface area (Å²) in [4.78, 5) is 22.0. The minimum atomic E-state index is -0.660. The van der Waals surface area contributed by atoms with Crippen molar-refractivity contribution in [1.29, 1.82) is 0 Å². The Labute approximate surface area is 100 Å². The van der Waals surface area contributed by atoms with E-state index < -0.39 is 10.8 Å². The molecule has 0 saturated carbocycles. The summed E-state index contributed by atoms with van der Waals surface area (Å²) in [5, 5.41) is 25.6. The number of H-pyrrole nitrogens is 1. The third-order valence-electron chi connectivity index (χ3n) is 2.16. The summed E-state index contributed by atoms with van der Waals surface area (Å²) in [6.07, 6.45) is 0. The Kier molecular flexibility index (Phi) is 2.96. The molecule has 1 aromatic heterocycles. The molecule has 2 N–H and O–H groups in total. The zero-order chi connectivity index (χ0) is 13.1. The topological polar surface area (TPSA) is 127 Å². The highest BCUT2D eigenvalue weighted by atomic mass is 16.6. The minimum absolute atomic E-state index is 0.0456. The van der Waals surface area contributed by atoms with Gasteiger partial charge in [-0.25, -0.2) is 0 Å². The molecular formula is C9H8N6O3. The number of nitro benzene ring substituents is 1. The predicted molar refractivity (Wildman–Crippen MR) is 60.0 cm³/mol. The zero-order valence-electron chi connectivity index (χ0n) is 9.25. The molecule has 0 fully saturated rings. The molecule has 1 amide bonds. The number of anilines is 1. The summed E-state index contributed by atoms with van der Waals surface area (Å²) in [5.74, 6) is -0.706. The van der Waals surface area contributed by atoms with E-state index in [0.717, 1.165) is 5.56 Å². The zero-order valence-corrected chi connectivity index (χ0v) is 9.25. The quantitative estimate of drug-likeness (QED) is 0.607. The third-order valence-corrected chi connectivity index (χ3v) is 2.16. The number of nitrogens with one attached hydrogen (secondary N) is 2. The SMILES string of the molecule is Cc1ccc([N+](=O)[O-])c(C(=O)Nc2nn[nH]n2)c1. The van der Waals surface area contributed by atoms with Gasteiger partial charge in [-0.15, -0.1) is 5.10 Å². The van der Waals surface area contributed by atoms with Crippen molar-refractivity contribution >= 4 is 17.5 Å². The molecule has 1 aromatic carbocycles. The molecule has 0 saturated heterocycles. The molecule has 2 aromatic rings. The number of rotatable bonds is 3. The van der Waals surface area contributed by atoms with Crippen molar-refractivity contribution in [2.24, 2.45) is 0 Å². The van der Waals surface area contributed by atoms with Crippen LogP contribution in [0.3, 0.4) is 0 Å². The lowest BCUT2D eigenvalue weighted by Crippen LogP contribution is -2.15. The molecule has 0 bridgehead atoms. The Morgan fingerprint density at radius 3 is 2.89 bits per heavy atom. The van der Waals surface area contributed by atoms with Crippen LogP contribution in [0.25, 0.3) is 0 Å². The number of nitrogens with zero attached hydrogens (tertiary/aromatic N) is 4. The lowest BCUT2D eigenvalue weighted by Gasteiger charge is -2.03. The van der Waals surface area contributed by atoms with Crippen molar-refractivity contribution in [2.45, 2.75) is 6.92 Å². The van der Waals surface area contributed by atoms with Gasteiger partial charge in [0.25, 0.3) is 17.5 Å². The normalized spacial score (nSPS) is 10.1. The fraction of sp³-hybridized carbons (Fsp3) is 0.111. The van der Waals surface area contributed by atoms with E-state index in [1.807, 2.05) is 0 Å². The first-order valence-corrected chi connectivity index (χ1v) is 4.88. The fourth-order valence-corrected chi connectivity index (χ4v) is 1.37. The summed E-state index contributed by atoms with van der Waals surface area (Å²) >= 11 is 0. The van der Waals surface area contributed by atoms with Gasteiger partial charge in [0.1, 0.15) is 5.56 Å². The van der Waals surface area contributed by atoms with Crippen LogP contribution in [-0.2, 0) is 0 Å². The van der Waals surface area contributed by atoms with Crippen molar-refractivity contribution in [2.75, 3.05) is 5.32 Å². The van der Waals surface area contributed by atoms with Crippen LogP contribution in [0.15, 0.2) is 18.2 Å². The Bertz CT molecular complexity index is 594. The highest BCUT2D eigenvalue weighted by molar-refractivity contribution is 6.06. The monoisotopic (exact) mass is 248 g/mol. The largest absolute Gasteiger partial charge is 0.288 e. The number of tetrazole rings is 1. The standard InChI is InChI=1S/C9H8N6O3/c1-5-2-3-7(15(17)18)6(4-5)8(16)10-9-11-13-14-12-9/h2-4H,1H3,(H2,10,11,12,13,14,16). The maximum absolute atomic E-state index is 11.9. The molecule has 0 aliphatic rings. The van der Waals surface area contributed by atoms with Gasteiger partial charge in [0.2, 0.25) is 0 Å². The Balaban J connectivity index is 2.34. The van der Waals surface area contributed by atoms with E-state index in [9.17, 15) is 14.9 Å². The molecular weight excluding hydrogens is 240 g/mol. The highest BCUT2D eigenvalue weighted by Crippen LogP contribution is 2.20. The second-order valence-electron chi connectivity index (χ2n) is 3.47. The molecule has 0 aliphatic heterocycles. The van der Waals surface area contributed by atoms with E-state index in [0.29, 0.717) is 0 Å². The molecule has 92 valence electrons. The number of aryl methyl sites for hydroxylation is 1. The molecule has 9 heteroatoms. The molecule has 9 nitrogen and oxygen atoms in total. The van der Waals surface area contributed by atoms with Gasteiger partial charge in [-0.05, 0) is 23.8 Å². The van der Waals surface area contributed by atoms with E-state index in [1.54, 1.807) is 13.0 Å². The van der Waals surface area contributed by atoms with E-state index >= 15 is 0 Å². The summed E-state index contributed by atoms with van der Waals surface area (Å²) < 4.78 is 0. The smallest absolute Gasteiger partial charge is 0.282 e. The molecule has 0 unspecified atom stereocenters. The number of hydrogen-bond donors (Lipinski definition) is 2. The number of benzene rings is 1. The van der Waals surface area contributed by atoms with Crippen molar-refractivity contribution in [3.05, 3.63) is 39.4 Å². The Hall–Kier alpha value is -2.84. The molecule has 0 radical (unpaired) electrons. The lowest BCUT2D eigenvalue weighted by atomic mass is 10.1. The number of nitro groups is 1. The van der Waals surface area contributed by atoms with Gasteiger partial charge in [0, 0.05) is 6.07 Å². The van der Waals surface area contributed by atoms with Crippen LogP contribution >= 0.6 is 0 Å². The van der Waals surface area contributed by atoms with Crippen molar-refractivity contribution in [3.63, 3.8) is 0 Å². The van der Waals surface area contributed by atoms with Crippen molar-refractivity contribution in [1.82, 2.24) is 20.6 Å². The highest BCUT2D eigenvalue weighted by Gasteiger charge is 2.20. The second-order valence-corrected chi connectivity index (χ2v) is 3.47. The molecule has 0 atom stereocenters. The molecule has 2 rings (SSSR count). The summed E-state index contributed by atoms with van der Waals surface area (Å²) in [5.41, 5.74) is 0.408. The average molecular weight is 248 g/mol. The number of aromatic amines is 1. The van der Waals surface area contributed by atoms with Gasteiger partial charge in [-0.3, -0.25) is 20.2 Å². The number of hydrogen-bond acceptors (Lipinski definition) is 6. The van der Waals surface area contributed by atoms with Crippen LogP contribution < -0.4 is 5.32 Å². The van der Waals surface area contributed by atoms with Crippen molar-refractivity contribution in [3.8, 4) is 0 Å². The minimum Gasteiger partial charge on any atom is -0.288 e.